The molecule has 0 unspecified atom stereocenters. The van der Waals surface area contributed by atoms with Crippen molar-refractivity contribution in [2.24, 2.45) is 0 Å². The highest BCUT2D eigenvalue weighted by atomic mass is 16.1. The van der Waals surface area contributed by atoms with Crippen LogP contribution in [0.5, 0.6) is 0 Å². The molecule has 0 amide bonds. The predicted octanol–water partition coefficient (Wildman–Crippen LogP) is 2.05. The molecule has 3 nitrogen and oxygen atoms in total. The molecular weight excluding hydrogens is 176 g/mol. The predicted molar refractivity (Wildman–Crippen MR) is 52.5 cm³/mol. The highest BCUT2D eigenvalue weighted by molar-refractivity contribution is 5.96. The summed E-state index contributed by atoms with van der Waals surface area (Å²) in [5.74, 6) is 1.28. The van der Waals surface area contributed by atoms with Crippen LogP contribution in [-0.4, -0.2) is 15.3 Å². The van der Waals surface area contributed by atoms with Crippen molar-refractivity contribution in [3.63, 3.8) is 0 Å². The Balaban J connectivity index is 2.15. The van der Waals surface area contributed by atoms with Crippen LogP contribution in [0.1, 0.15) is 53.7 Å². The summed E-state index contributed by atoms with van der Waals surface area (Å²) >= 11 is 0. The van der Waals surface area contributed by atoms with Crippen molar-refractivity contribution in [3.05, 3.63) is 17.2 Å². The van der Waals surface area contributed by atoms with Gasteiger partial charge in [-0.3, -0.25) is 4.79 Å². The lowest BCUT2D eigenvalue weighted by molar-refractivity contribution is 0.0967. The summed E-state index contributed by atoms with van der Waals surface area (Å²) in [4.78, 5) is 16.0. The van der Waals surface area contributed by atoms with E-state index in [0.717, 1.165) is 24.4 Å². The van der Waals surface area contributed by atoms with Crippen molar-refractivity contribution in [1.29, 1.82) is 0 Å². The molecule has 0 aromatic carbocycles. The molecule has 0 N–H and O–H groups in total. The van der Waals surface area contributed by atoms with Crippen molar-refractivity contribution in [2.75, 3.05) is 0 Å². The van der Waals surface area contributed by atoms with Crippen LogP contribution in [0.15, 0.2) is 0 Å². The van der Waals surface area contributed by atoms with Gasteiger partial charge < -0.3 is 4.57 Å². The van der Waals surface area contributed by atoms with E-state index < -0.39 is 0 Å². The molecular formula is C11H14N2O. The Bertz CT molecular complexity index is 402. The van der Waals surface area contributed by atoms with Crippen LogP contribution in [0.2, 0.25) is 0 Å². The molecule has 0 atom stereocenters. The van der Waals surface area contributed by atoms with Gasteiger partial charge in [0.15, 0.2) is 5.78 Å². The zero-order chi connectivity index (χ0) is 9.71. The Morgan fingerprint density at radius 1 is 1.36 bits per heavy atom. The topological polar surface area (TPSA) is 34.9 Å². The number of hydrogen-bond donors (Lipinski definition) is 0. The van der Waals surface area contributed by atoms with Gasteiger partial charge in [0.1, 0.15) is 11.5 Å². The van der Waals surface area contributed by atoms with E-state index in [-0.39, 0.29) is 5.78 Å². The first-order valence-electron chi connectivity index (χ1n) is 5.38. The summed E-state index contributed by atoms with van der Waals surface area (Å²) in [7, 11) is 0. The zero-order valence-electron chi connectivity index (χ0n) is 8.42. The van der Waals surface area contributed by atoms with Crippen LogP contribution in [-0.2, 0) is 6.42 Å². The van der Waals surface area contributed by atoms with E-state index in [1.54, 1.807) is 0 Å². The van der Waals surface area contributed by atoms with E-state index in [0.29, 0.717) is 12.5 Å². The molecule has 14 heavy (non-hydrogen) atoms. The lowest BCUT2D eigenvalue weighted by Crippen LogP contribution is -2.13. The smallest absolute Gasteiger partial charge is 0.183 e. The maximum absolute atomic E-state index is 11.6. The second-order valence-corrected chi connectivity index (χ2v) is 4.33. The van der Waals surface area contributed by atoms with Crippen LogP contribution < -0.4 is 0 Å². The fourth-order valence-electron chi connectivity index (χ4n) is 2.40. The van der Waals surface area contributed by atoms with Gasteiger partial charge in [-0.1, -0.05) is 0 Å². The van der Waals surface area contributed by atoms with Crippen molar-refractivity contribution in [2.45, 2.75) is 45.1 Å². The maximum Gasteiger partial charge on any atom is 0.183 e. The van der Waals surface area contributed by atoms with E-state index >= 15 is 0 Å². The molecule has 0 bridgehead atoms. The van der Waals surface area contributed by atoms with Gasteiger partial charge in [0.05, 0.1) is 0 Å². The molecule has 74 valence electrons. The summed E-state index contributed by atoms with van der Waals surface area (Å²) in [5, 5.41) is 0. The lowest BCUT2D eigenvalue weighted by atomic mass is 10.00. The molecule has 2 aliphatic rings. The van der Waals surface area contributed by atoms with Gasteiger partial charge in [-0.15, -0.1) is 0 Å². The van der Waals surface area contributed by atoms with Crippen LogP contribution in [0.3, 0.4) is 0 Å². The first-order chi connectivity index (χ1) is 6.77. The minimum Gasteiger partial charge on any atom is -0.328 e. The number of aryl methyl sites for hydroxylation is 1. The number of ketones is 1. The van der Waals surface area contributed by atoms with Gasteiger partial charge in [0.25, 0.3) is 0 Å². The number of nitrogens with zero attached hydrogens (tertiary/aromatic N) is 2. The maximum atomic E-state index is 11.6. The second kappa shape index (κ2) is 2.69. The average molecular weight is 190 g/mol. The number of hydrogen-bond acceptors (Lipinski definition) is 2. The summed E-state index contributed by atoms with van der Waals surface area (Å²) in [6, 6.07) is 0.650. The van der Waals surface area contributed by atoms with Crippen LogP contribution in [0.25, 0.3) is 0 Å². The monoisotopic (exact) mass is 190 g/mol. The van der Waals surface area contributed by atoms with E-state index in [1.807, 2.05) is 6.92 Å². The molecule has 0 spiro atoms. The Labute approximate surface area is 83.1 Å². The fourth-order valence-corrected chi connectivity index (χ4v) is 2.40. The van der Waals surface area contributed by atoms with Crippen molar-refractivity contribution >= 4 is 5.78 Å². The first kappa shape index (κ1) is 8.21. The number of fused-ring (bicyclic) bond motifs is 1. The number of rotatable bonds is 1. The third kappa shape index (κ3) is 1.04. The summed E-state index contributed by atoms with van der Waals surface area (Å²) in [6.45, 7) is 2.02. The largest absolute Gasteiger partial charge is 0.328 e. The minimum absolute atomic E-state index is 0.244. The van der Waals surface area contributed by atoms with E-state index in [9.17, 15) is 4.79 Å². The highest BCUT2D eigenvalue weighted by Gasteiger charge is 2.32. The van der Waals surface area contributed by atoms with Crippen molar-refractivity contribution in [1.82, 2.24) is 9.55 Å². The Kier molecular flexibility index (Phi) is 1.58. The Hall–Kier alpha value is -1.12. The standard InChI is InChI=1S/C11H14N2O/c1-7-12-11-9(3-2-4-10(11)14)13(7)8-5-6-8/h8H,2-6H2,1H3. The van der Waals surface area contributed by atoms with Gasteiger partial charge in [0, 0.05) is 18.2 Å². The average Bonchev–Trinajstić information content (AvgIpc) is 2.91. The van der Waals surface area contributed by atoms with Gasteiger partial charge in [0.2, 0.25) is 0 Å². The van der Waals surface area contributed by atoms with Crippen LogP contribution in [0, 0.1) is 6.92 Å². The number of carbonyl (C=O) groups is 1. The van der Waals surface area contributed by atoms with E-state index in [4.69, 9.17) is 0 Å². The SMILES string of the molecule is Cc1nc2c(n1C1CC1)CCCC2=O. The quantitative estimate of drug-likeness (QED) is 0.679. The molecule has 3 rings (SSSR count). The Morgan fingerprint density at radius 3 is 2.86 bits per heavy atom. The third-order valence-corrected chi connectivity index (χ3v) is 3.18. The third-order valence-electron chi connectivity index (χ3n) is 3.18. The summed E-state index contributed by atoms with van der Waals surface area (Å²) in [5.41, 5.74) is 1.97. The van der Waals surface area contributed by atoms with Crippen LogP contribution >= 0.6 is 0 Å². The molecule has 0 saturated heterocycles. The van der Waals surface area contributed by atoms with Gasteiger partial charge in [-0.2, -0.15) is 0 Å². The summed E-state index contributed by atoms with van der Waals surface area (Å²) < 4.78 is 2.30. The number of imidazole rings is 1. The first-order valence-corrected chi connectivity index (χ1v) is 5.38. The molecule has 0 radical (unpaired) electrons. The molecule has 1 aromatic rings. The van der Waals surface area contributed by atoms with Crippen molar-refractivity contribution in [3.8, 4) is 0 Å². The normalized spacial score (nSPS) is 21.1. The molecule has 1 fully saturated rings. The number of Topliss-reactive ketones (excluding diaryl/α,β-unsaturated/α-hetero) is 1. The van der Waals surface area contributed by atoms with Gasteiger partial charge in [-0.05, 0) is 32.6 Å². The molecule has 0 aliphatic heterocycles. The molecule has 2 aliphatic carbocycles. The number of carbonyl (C=O) groups excluding carboxylic acids is 1. The van der Waals surface area contributed by atoms with E-state index in [1.165, 1.54) is 18.5 Å². The van der Waals surface area contributed by atoms with Crippen LogP contribution in [0.4, 0.5) is 0 Å². The highest BCUT2D eigenvalue weighted by Crippen LogP contribution is 2.39. The molecule has 1 saturated carbocycles. The minimum atomic E-state index is 0.244. The van der Waals surface area contributed by atoms with E-state index in [2.05, 4.69) is 9.55 Å². The zero-order valence-corrected chi connectivity index (χ0v) is 8.42. The number of aromatic nitrogens is 2. The van der Waals surface area contributed by atoms with Gasteiger partial charge in [-0.25, -0.2) is 4.98 Å². The summed E-state index contributed by atoms with van der Waals surface area (Å²) in [6.07, 6.45) is 5.26. The Morgan fingerprint density at radius 2 is 2.14 bits per heavy atom. The molecule has 1 aromatic heterocycles. The fraction of sp³-hybridized carbons (Fsp3) is 0.636. The molecule has 3 heteroatoms. The molecule has 1 heterocycles. The second-order valence-electron chi connectivity index (χ2n) is 4.33. The lowest BCUT2D eigenvalue weighted by Gasteiger charge is -2.13. The van der Waals surface area contributed by atoms with Crippen molar-refractivity contribution < 1.29 is 4.79 Å². The van der Waals surface area contributed by atoms with Gasteiger partial charge >= 0.3 is 0 Å².